The third kappa shape index (κ3) is 2.04. The van der Waals surface area contributed by atoms with E-state index >= 15 is 0 Å². The molecule has 1 aromatic heterocycles. The van der Waals surface area contributed by atoms with E-state index in [9.17, 15) is 4.79 Å². The molecule has 6 nitrogen and oxygen atoms in total. The van der Waals surface area contributed by atoms with Crippen LogP contribution in [0.5, 0.6) is 0 Å². The van der Waals surface area contributed by atoms with Gasteiger partial charge in [-0.1, -0.05) is 20.8 Å². The van der Waals surface area contributed by atoms with Crippen molar-refractivity contribution in [3.63, 3.8) is 0 Å². The fourth-order valence-electron chi connectivity index (χ4n) is 5.82. The van der Waals surface area contributed by atoms with Gasteiger partial charge in [-0.05, 0) is 25.2 Å². The molecule has 0 bridgehead atoms. The Labute approximate surface area is 148 Å². The molecule has 138 valence electrons. The maximum atomic E-state index is 12.2. The van der Waals surface area contributed by atoms with Crippen LogP contribution in [0.3, 0.4) is 0 Å². The van der Waals surface area contributed by atoms with Crippen LogP contribution >= 0.6 is 0 Å². The number of fused-ring (bicyclic) bond motifs is 3. The first kappa shape index (κ1) is 17.0. The van der Waals surface area contributed by atoms with Crippen LogP contribution in [0.1, 0.15) is 61.8 Å². The quantitative estimate of drug-likeness (QED) is 0.730. The second-order valence-corrected chi connectivity index (χ2v) is 8.47. The highest BCUT2D eigenvalue weighted by Crippen LogP contribution is 2.62. The minimum Gasteiger partial charge on any atom is -0.464 e. The van der Waals surface area contributed by atoms with Crippen LogP contribution in [0, 0.1) is 11.3 Å². The predicted molar refractivity (Wildman–Crippen MR) is 91.4 cm³/mol. The molecule has 1 aliphatic heterocycles. The zero-order valence-corrected chi connectivity index (χ0v) is 15.8. The first-order valence-electron chi connectivity index (χ1n) is 9.19. The average molecular weight is 348 g/mol. The summed E-state index contributed by atoms with van der Waals surface area (Å²) in [7, 11) is 3.26. The number of aromatic nitrogens is 2. The fraction of sp³-hybridized carbons (Fsp3) is 0.789. The molecular formula is C19H28N2O4. The lowest BCUT2D eigenvalue weighted by atomic mass is 9.49. The van der Waals surface area contributed by atoms with Crippen LogP contribution in [0.15, 0.2) is 0 Å². The van der Waals surface area contributed by atoms with Gasteiger partial charge in [-0.3, -0.25) is 4.68 Å². The summed E-state index contributed by atoms with van der Waals surface area (Å²) in [4.78, 5) is 12.2. The van der Waals surface area contributed by atoms with Crippen molar-refractivity contribution >= 4 is 5.97 Å². The first-order valence-corrected chi connectivity index (χ1v) is 9.19. The molecule has 2 atom stereocenters. The molecular weight excluding hydrogens is 320 g/mol. The Hall–Kier alpha value is -1.40. The Bertz CT molecular complexity index is 717. The van der Waals surface area contributed by atoms with Crippen LogP contribution in [-0.2, 0) is 33.1 Å². The van der Waals surface area contributed by atoms with Crippen molar-refractivity contribution in [1.82, 2.24) is 9.78 Å². The summed E-state index contributed by atoms with van der Waals surface area (Å²) in [6.45, 7) is 8.20. The van der Waals surface area contributed by atoms with Crippen LogP contribution < -0.4 is 0 Å². The van der Waals surface area contributed by atoms with E-state index in [-0.39, 0.29) is 16.8 Å². The first-order chi connectivity index (χ1) is 11.8. The van der Waals surface area contributed by atoms with Crippen molar-refractivity contribution in [3.05, 3.63) is 17.0 Å². The highest BCUT2D eigenvalue weighted by atomic mass is 16.7. The number of nitrogens with zero attached hydrogens (tertiary/aromatic N) is 2. The molecule has 0 radical (unpaired) electrons. The summed E-state index contributed by atoms with van der Waals surface area (Å²) >= 11 is 0. The van der Waals surface area contributed by atoms with E-state index in [4.69, 9.17) is 19.3 Å². The molecule has 0 N–H and O–H groups in total. The lowest BCUT2D eigenvalue weighted by Crippen LogP contribution is -2.61. The van der Waals surface area contributed by atoms with E-state index in [0.717, 1.165) is 36.9 Å². The minimum atomic E-state index is -0.478. The summed E-state index contributed by atoms with van der Waals surface area (Å²) in [5.41, 5.74) is 2.53. The normalized spacial score (nSPS) is 32.3. The molecule has 6 heteroatoms. The Morgan fingerprint density at radius 1 is 1.24 bits per heavy atom. The van der Waals surface area contributed by atoms with E-state index in [0.29, 0.717) is 24.8 Å². The molecule has 0 amide bonds. The summed E-state index contributed by atoms with van der Waals surface area (Å²) in [5, 5.41) is 4.79. The molecule has 0 aromatic carbocycles. The molecule has 4 rings (SSSR count). The maximum Gasteiger partial charge on any atom is 0.356 e. The molecule has 1 saturated carbocycles. The highest BCUT2D eigenvalue weighted by molar-refractivity contribution is 5.89. The van der Waals surface area contributed by atoms with Gasteiger partial charge in [0.1, 0.15) is 5.69 Å². The zero-order chi connectivity index (χ0) is 18.0. The van der Waals surface area contributed by atoms with Gasteiger partial charge in [-0.15, -0.1) is 0 Å². The fourth-order valence-corrected chi connectivity index (χ4v) is 5.82. The average Bonchev–Trinajstić information content (AvgIpc) is 3.17. The minimum absolute atomic E-state index is 0.0817. The summed E-state index contributed by atoms with van der Waals surface area (Å²) in [5.74, 6) is -0.388. The smallest absolute Gasteiger partial charge is 0.356 e. The number of methoxy groups -OCH3 is 1. The standard InChI is InChI=1S/C19H28N2O4/c1-17(2)13-7-6-12-14(16(22)23-5)21(4)20-15(12)18(13,3)8-9-19(17)24-10-11-25-19/h13H,6-11H2,1-5H3/t13-,18-/m0/s1. The van der Waals surface area contributed by atoms with Crippen molar-refractivity contribution in [2.75, 3.05) is 20.3 Å². The van der Waals surface area contributed by atoms with E-state index in [1.54, 1.807) is 4.68 Å². The Balaban J connectivity index is 1.80. The van der Waals surface area contributed by atoms with Gasteiger partial charge in [0.2, 0.25) is 0 Å². The molecule has 3 aliphatic rings. The van der Waals surface area contributed by atoms with Gasteiger partial charge in [0.25, 0.3) is 0 Å². The molecule has 2 aliphatic carbocycles. The second-order valence-electron chi connectivity index (χ2n) is 8.47. The predicted octanol–water partition coefficient (Wildman–Crippen LogP) is 2.59. The maximum absolute atomic E-state index is 12.2. The van der Waals surface area contributed by atoms with Crippen molar-refractivity contribution in [1.29, 1.82) is 0 Å². The lowest BCUT2D eigenvalue weighted by molar-refractivity contribution is -0.276. The molecule has 0 unspecified atom stereocenters. The number of carbonyl (C=O) groups excluding carboxylic acids is 1. The Kier molecular flexibility index (Phi) is 3.61. The van der Waals surface area contributed by atoms with Crippen LogP contribution in [0.4, 0.5) is 0 Å². The van der Waals surface area contributed by atoms with E-state index in [2.05, 4.69) is 20.8 Å². The molecule has 1 spiro atoms. The van der Waals surface area contributed by atoms with Crippen molar-refractivity contribution in [3.8, 4) is 0 Å². The lowest BCUT2D eigenvalue weighted by Gasteiger charge is -2.59. The summed E-state index contributed by atoms with van der Waals surface area (Å²) < 4.78 is 19.0. The van der Waals surface area contributed by atoms with E-state index in [1.165, 1.54) is 7.11 Å². The molecule has 1 aromatic rings. The molecule has 2 heterocycles. The van der Waals surface area contributed by atoms with E-state index < -0.39 is 5.79 Å². The third-order valence-electron chi connectivity index (χ3n) is 7.10. The molecule has 2 fully saturated rings. The number of esters is 1. The van der Waals surface area contributed by atoms with Crippen LogP contribution in [0.25, 0.3) is 0 Å². The van der Waals surface area contributed by atoms with Crippen LogP contribution in [-0.4, -0.2) is 41.9 Å². The van der Waals surface area contributed by atoms with Gasteiger partial charge < -0.3 is 14.2 Å². The van der Waals surface area contributed by atoms with Gasteiger partial charge in [-0.2, -0.15) is 5.10 Å². The second kappa shape index (κ2) is 5.30. The third-order valence-corrected chi connectivity index (χ3v) is 7.10. The van der Waals surface area contributed by atoms with Crippen molar-refractivity contribution in [2.45, 2.75) is 57.7 Å². The Morgan fingerprint density at radius 3 is 2.56 bits per heavy atom. The Morgan fingerprint density at radius 2 is 1.92 bits per heavy atom. The number of ether oxygens (including phenoxy) is 3. The SMILES string of the molecule is COC(=O)c1c2c(nn1C)[C@@]1(C)CCC3(OCCO3)C(C)(C)[C@@H]1CC2. The van der Waals surface area contributed by atoms with Gasteiger partial charge >= 0.3 is 5.97 Å². The van der Waals surface area contributed by atoms with Crippen molar-refractivity contribution in [2.24, 2.45) is 18.4 Å². The number of hydrogen-bond donors (Lipinski definition) is 0. The molecule has 25 heavy (non-hydrogen) atoms. The summed E-state index contributed by atoms with van der Waals surface area (Å²) in [6.07, 6.45) is 3.65. The highest BCUT2D eigenvalue weighted by Gasteiger charge is 2.64. The van der Waals surface area contributed by atoms with Crippen molar-refractivity contribution < 1.29 is 19.0 Å². The number of aryl methyl sites for hydroxylation is 1. The number of rotatable bonds is 1. The van der Waals surface area contributed by atoms with Gasteiger partial charge in [0, 0.05) is 29.9 Å². The monoisotopic (exact) mass is 348 g/mol. The molecule has 1 saturated heterocycles. The largest absolute Gasteiger partial charge is 0.464 e. The topological polar surface area (TPSA) is 62.6 Å². The number of carbonyl (C=O) groups is 1. The van der Waals surface area contributed by atoms with Crippen LogP contribution in [0.2, 0.25) is 0 Å². The van der Waals surface area contributed by atoms with Gasteiger partial charge in [-0.25, -0.2) is 4.79 Å². The van der Waals surface area contributed by atoms with Gasteiger partial charge in [0.15, 0.2) is 5.79 Å². The summed E-state index contributed by atoms with van der Waals surface area (Å²) in [6, 6.07) is 0. The zero-order valence-electron chi connectivity index (χ0n) is 15.8. The number of hydrogen-bond acceptors (Lipinski definition) is 5. The van der Waals surface area contributed by atoms with Gasteiger partial charge in [0.05, 0.1) is 26.0 Å². The van der Waals surface area contributed by atoms with E-state index in [1.807, 2.05) is 7.05 Å².